The summed E-state index contributed by atoms with van der Waals surface area (Å²) in [6.07, 6.45) is -6.00. The number of hydroxylamine groups is 1. The number of aliphatic hydroxyl groups is 2. The number of rotatable bonds is 27. The van der Waals surface area contributed by atoms with E-state index in [-0.39, 0.29) is 71.4 Å². The molecule has 1 saturated heterocycles. The molecule has 0 bridgehead atoms. The second-order valence-electron chi connectivity index (χ2n) is 14.9. The van der Waals surface area contributed by atoms with Gasteiger partial charge in [-0.2, -0.15) is 9.79 Å². The van der Waals surface area contributed by atoms with Crippen molar-refractivity contribution < 1.29 is 109 Å². The van der Waals surface area contributed by atoms with Crippen LogP contribution in [-0.4, -0.2) is 149 Å². The number of amides is 2. The van der Waals surface area contributed by atoms with E-state index in [2.05, 4.69) is 49.4 Å². The summed E-state index contributed by atoms with van der Waals surface area (Å²) in [6, 6.07) is 0. The van der Waals surface area contributed by atoms with Crippen molar-refractivity contribution in [1.82, 2.24) is 40.6 Å². The number of aromatic nitrogens is 5. The second kappa shape index (κ2) is 24.1. The maximum atomic E-state index is 12.7. The minimum absolute atomic E-state index is 0.00872. The number of nitrogens with zero attached hydrogens (tertiary/aromatic N) is 5. The Morgan fingerprint density at radius 3 is 2.34 bits per heavy atom. The minimum atomic E-state index is -5.62. The van der Waals surface area contributed by atoms with Crippen molar-refractivity contribution >= 4 is 77.0 Å². The lowest BCUT2D eigenvalue weighted by atomic mass is 9.87. The molecule has 0 spiro atoms. The lowest BCUT2D eigenvalue weighted by Gasteiger charge is -2.30. The lowest BCUT2D eigenvalue weighted by molar-refractivity contribution is -0.137. The van der Waals surface area contributed by atoms with E-state index < -0.39 is 111 Å². The van der Waals surface area contributed by atoms with Crippen LogP contribution in [0.3, 0.4) is 0 Å². The van der Waals surface area contributed by atoms with Gasteiger partial charge in [-0.05, 0) is 6.92 Å². The quantitative estimate of drug-likeness (QED) is 0.0232. The molecule has 3 aromatic rings. The third kappa shape index (κ3) is 17.4. The van der Waals surface area contributed by atoms with Crippen molar-refractivity contribution in [2.24, 2.45) is 5.41 Å². The van der Waals surface area contributed by atoms with Crippen molar-refractivity contribution in [2.75, 3.05) is 44.4 Å². The largest absolute Gasteiger partial charge is 0.506 e. The first-order valence-corrected chi connectivity index (χ1v) is 26.3. The Morgan fingerprint density at radius 2 is 1.66 bits per heavy atom. The molecular formula is C31H49N9O23P4S. The predicted molar refractivity (Wildman–Crippen MR) is 227 cm³/mol. The van der Waals surface area contributed by atoms with Crippen molar-refractivity contribution in [2.45, 2.75) is 71.0 Å². The highest BCUT2D eigenvalue weighted by Crippen LogP contribution is 2.61. The maximum Gasteiger partial charge on any atom is 0.481 e. The van der Waals surface area contributed by atoms with Gasteiger partial charge in [-0.1, -0.05) is 25.6 Å². The Balaban J connectivity index is 1.15. The topological polar surface area (TPSA) is 485 Å². The highest BCUT2D eigenvalue weighted by atomic mass is 32.2. The average molecular weight is 1070 g/mol. The molecule has 32 nitrogen and oxygen atoms in total. The molecule has 0 radical (unpaired) electrons. The Kier molecular flexibility index (Phi) is 20.2. The third-order valence-electron chi connectivity index (χ3n) is 9.12. The number of phosphoric ester groups is 4. The standard InChI is InChI=1S/C31H49N9O23P4S/c1-16-23(43)18(17(8-35-16)10-58-64(47,48)49)9-39-57-12-21(42)68-7-6-33-20(41)4-5-34-29(46)26(45)31(2,3)13-60-67(55,56)63-66(53,54)59-11-19-25(62-65(50,51)52)24(44)30(61-19)40-15-38-22-27(32)36-14-37-28(22)40/h8,14-15,19,24-26,30,39,43-45H,4-7,9-13H2,1-3H3,(H,33,41)(H,34,46)(H,53,54)(H,55,56)(H2,32,36,37)(H2,47,48,49)(H2,50,51,52). The average Bonchev–Trinajstić information content (AvgIpc) is 3.79. The summed E-state index contributed by atoms with van der Waals surface area (Å²) in [7, 11) is -21.3. The fourth-order valence-electron chi connectivity index (χ4n) is 5.73. The summed E-state index contributed by atoms with van der Waals surface area (Å²) in [4.78, 5) is 115. The van der Waals surface area contributed by atoms with Gasteiger partial charge in [0.15, 0.2) is 17.7 Å². The zero-order valence-corrected chi connectivity index (χ0v) is 40.1. The summed E-state index contributed by atoms with van der Waals surface area (Å²) in [5.41, 5.74) is 7.15. The maximum absolute atomic E-state index is 12.7. The van der Waals surface area contributed by atoms with Crippen molar-refractivity contribution in [3.63, 3.8) is 0 Å². The molecule has 0 saturated carbocycles. The number of thioether (sulfide) groups is 1. The van der Waals surface area contributed by atoms with Gasteiger partial charge in [-0.3, -0.25) is 46.9 Å². The number of phosphoric acid groups is 4. The van der Waals surface area contributed by atoms with E-state index >= 15 is 0 Å². The van der Waals surface area contributed by atoms with Gasteiger partial charge in [0.05, 0.1) is 38.4 Å². The fourth-order valence-corrected chi connectivity index (χ4v) is 9.44. The van der Waals surface area contributed by atoms with Crippen LogP contribution < -0.4 is 21.8 Å². The highest BCUT2D eigenvalue weighted by Gasteiger charge is 2.50. The zero-order valence-electron chi connectivity index (χ0n) is 35.7. The van der Waals surface area contributed by atoms with Crippen LogP contribution in [0.1, 0.15) is 43.3 Å². The van der Waals surface area contributed by atoms with Crippen LogP contribution in [0.2, 0.25) is 0 Å². The van der Waals surface area contributed by atoms with E-state index in [1.807, 2.05) is 0 Å². The van der Waals surface area contributed by atoms with Crippen LogP contribution in [0.4, 0.5) is 5.82 Å². The van der Waals surface area contributed by atoms with Gasteiger partial charge >= 0.3 is 31.3 Å². The van der Waals surface area contributed by atoms with Gasteiger partial charge in [-0.25, -0.2) is 33.2 Å². The number of anilines is 1. The van der Waals surface area contributed by atoms with Gasteiger partial charge in [0.25, 0.3) is 0 Å². The van der Waals surface area contributed by atoms with E-state index in [9.17, 15) is 67.5 Å². The Morgan fingerprint density at radius 1 is 0.971 bits per heavy atom. The number of aromatic hydroxyl groups is 1. The van der Waals surface area contributed by atoms with Gasteiger partial charge in [0, 0.05) is 48.0 Å². The minimum Gasteiger partial charge on any atom is -0.506 e. The fraction of sp³-hybridized carbons (Fsp3) is 0.581. The van der Waals surface area contributed by atoms with Crippen LogP contribution in [-0.2, 0) is 77.8 Å². The molecular weight excluding hydrogens is 1020 g/mol. The van der Waals surface area contributed by atoms with Crippen molar-refractivity contribution in [3.8, 4) is 5.75 Å². The monoisotopic (exact) mass is 1070 g/mol. The number of imidazole rings is 1. The number of nitrogens with two attached hydrogens (primary N) is 1. The Hall–Kier alpha value is -3.46. The number of aliphatic hydroxyl groups excluding tert-OH is 2. The number of fused-ring (bicyclic) bond motifs is 1. The number of nitrogen functional groups attached to an aromatic ring is 1. The summed E-state index contributed by atoms with van der Waals surface area (Å²) in [6.45, 7) is 0.335. The molecule has 7 unspecified atom stereocenters. The van der Waals surface area contributed by atoms with Crippen LogP contribution in [0.25, 0.3) is 11.2 Å². The summed E-state index contributed by atoms with van der Waals surface area (Å²) in [5.74, 6) is -1.83. The third-order valence-corrected chi connectivity index (χ3v) is 13.5. The number of aryl methyl sites for hydroxylation is 1. The number of hydrogen-bond donors (Lipinski definition) is 13. The van der Waals surface area contributed by atoms with Crippen molar-refractivity contribution in [1.29, 1.82) is 0 Å². The first-order valence-electron chi connectivity index (χ1n) is 19.2. The predicted octanol–water partition coefficient (Wildman–Crippen LogP) is -1.60. The molecule has 4 rings (SSSR count). The van der Waals surface area contributed by atoms with Gasteiger partial charge in [0.2, 0.25) is 16.9 Å². The van der Waals surface area contributed by atoms with E-state index in [0.29, 0.717) is 0 Å². The second-order valence-corrected chi connectivity index (χ2v) is 21.5. The van der Waals surface area contributed by atoms with Gasteiger partial charge in [-0.15, -0.1) is 0 Å². The Labute approximate surface area is 388 Å². The number of nitrogens with one attached hydrogen (secondary N) is 3. The first-order chi connectivity index (χ1) is 31.5. The molecule has 68 heavy (non-hydrogen) atoms. The molecule has 4 heterocycles. The lowest BCUT2D eigenvalue weighted by Crippen LogP contribution is -2.46. The molecule has 14 N–H and O–H groups in total. The molecule has 382 valence electrons. The van der Waals surface area contributed by atoms with E-state index in [1.54, 1.807) is 0 Å². The molecule has 3 aromatic heterocycles. The Bertz CT molecular complexity index is 2460. The molecule has 0 aromatic carbocycles. The number of carbonyl (C=O) groups is 3. The summed E-state index contributed by atoms with van der Waals surface area (Å²) < 4.78 is 77.7. The van der Waals surface area contributed by atoms with Crippen molar-refractivity contribution in [3.05, 3.63) is 35.7 Å². The number of hydrogen-bond acceptors (Lipinski definition) is 24. The number of ether oxygens (including phenoxy) is 1. The van der Waals surface area contributed by atoms with E-state index in [0.717, 1.165) is 29.0 Å². The molecule has 37 heteroatoms. The van der Waals surface area contributed by atoms with E-state index in [1.165, 1.54) is 27.0 Å². The van der Waals surface area contributed by atoms with Gasteiger partial charge in [0.1, 0.15) is 48.6 Å². The molecule has 1 aliphatic rings. The molecule has 1 fully saturated rings. The number of pyridine rings is 1. The van der Waals surface area contributed by atoms with Crippen LogP contribution in [0.5, 0.6) is 5.75 Å². The van der Waals surface area contributed by atoms with Crippen LogP contribution in [0, 0.1) is 12.3 Å². The molecule has 2 amide bonds. The SMILES string of the molecule is Cc1ncc(COP(=O)(O)O)c(CNOCC(=O)SCCNC(=O)CCNC(=O)C(O)C(C)(C)COP(=O)(O)OP(=O)(O)OCC2OC(n3cnc4c(N)ncnc43)C(O)C2OP(=O)(O)O)c1O. The smallest absolute Gasteiger partial charge is 0.481 e. The van der Waals surface area contributed by atoms with Crippen LogP contribution in [0.15, 0.2) is 18.9 Å². The zero-order chi connectivity index (χ0) is 50.8. The molecule has 1 aliphatic heterocycles. The van der Waals surface area contributed by atoms with Crippen LogP contribution >= 0.6 is 43.1 Å². The molecule has 7 atom stereocenters. The molecule has 0 aliphatic carbocycles. The van der Waals surface area contributed by atoms with E-state index in [4.69, 9.17) is 34.1 Å². The summed E-state index contributed by atoms with van der Waals surface area (Å²) in [5, 5.41) is 36.2. The van der Waals surface area contributed by atoms with Gasteiger partial charge < -0.3 is 65.8 Å². The highest BCUT2D eigenvalue weighted by molar-refractivity contribution is 8.13. The normalized spacial score (nSPS) is 20.2. The number of carbonyl (C=O) groups excluding carboxylic acids is 3. The summed E-state index contributed by atoms with van der Waals surface area (Å²) >= 11 is 0.805. The first kappa shape index (κ1) is 57.1.